The second kappa shape index (κ2) is 6.26. The first-order chi connectivity index (χ1) is 8.29. The van der Waals surface area contributed by atoms with E-state index in [2.05, 4.69) is 19.9 Å². The highest BCUT2D eigenvalue weighted by Crippen LogP contribution is 2.18. The van der Waals surface area contributed by atoms with Crippen molar-refractivity contribution >= 4 is 29.3 Å². The van der Waals surface area contributed by atoms with Gasteiger partial charge < -0.3 is 9.64 Å². The summed E-state index contributed by atoms with van der Waals surface area (Å²) in [6, 6.07) is 0.305. The maximum atomic E-state index is 5.87. The van der Waals surface area contributed by atoms with Crippen LogP contribution in [-0.4, -0.2) is 46.2 Å². The minimum absolute atomic E-state index is 0.190. The molecule has 94 valence electrons. The number of rotatable bonds is 3. The summed E-state index contributed by atoms with van der Waals surface area (Å²) in [5.41, 5.74) is 0. The van der Waals surface area contributed by atoms with Crippen LogP contribution in [0.1, 0.15) is 13.3 Å². The van der Waals surface area contributed by atoms with Gasteiger partial charge in [0.1, 0.15) is 0 Å². The van der Waals surface area contributed by atoms with Gasteiger partial charge in [0.25, 0.3) is 0 Å². The fraction of sp³-hybridized carbons (Fsp3) is 0.700. The smallest absolute Gasteiger partial charge is 0.322 e. The molecule has 0 radical (unpaired) electrons. The van der Waals surface area contributed by atoms with E-state index >= 15 is 0 Å². The van der Waals surface area contributed by atoms with Gasteiger partial charge in [0.05, 0.1) is 6.61 Å². The fourth-order valence-corrected chi connectivity index (χ4v) is 2.64. The summed E-state index contributed by atoms with van der Waals surface area (Å²) in [5, 5.41) is 0.190. The molecule has 0 unspecified atom stereocenters. The quantitative estimate of drug-likeness (QED) is 0.839. The standard InChI is InChI=1S/C10H15ClN4OS/c1-2-16-10-13-8(11)12-9(14-10)15-4-3-6-17-7-5-15/h2-7H2,1H3. The molecule has 5 nitrogen and oxygen atoms in total. The Morgan fingerprint density at radius 3 is 3.00 bits per heavy atom. The third kappa shape index (κ3) is 3.61. The van der Waals surface area contributed by atoms with Gasteiger partial charge in [-0.3, -0.25) is 0 Å². The van der Waals surface area contributed by atoms with Gasteiger partial charge in [-0.2, -0.15) is 26.7 Å². The third-order valence-corrected chi connectivity index (χ3v) is 3.57. The van der Waals surface area contributed by atoms with Gasteiger partial charge >= 0.3 is 6.01 Å². The molecule has 0 bridgehead atoms. The van der Waals surface area contributed by atoms with E-state index in [-0.39, 0.29) is 5.28 Å². The van der Waals surface area contributed by atoms with Crippen molar-refractivity contribution in [3.63, 3.8) is 0 Å². The molecule has 0 atom stereocenters. The second-order valence-electron chi connectivity index (χ2n) is 3.57. The summed E-state index contributed by atoms with van der Waals surface area (Å²) in [6.07, 6.45) is 1.14. The van der Waals surface area contributed by atoms with Crippen LogP contribution >= 0.6 is 23.4 Å². The number of hydrogen-bond acceptors (Lipinski definition) is 6. The highest BCUT2D eigenvalue weighted by molar-refractivity contribution is 7.99. The van der Waals surface area contributed by atoms with Crippen molar-refractivity contribution in [2.24, 2.45) is 0 Å². The molecular weight excluding hydrogens is 260 g/mol. The molecule has 1 aliphatic heterocycles. The van der Waals surface area contributed by atoms with Crippen LogP contribution in [0.4, 0.5) is 5.95 Å². The highest BCUT2D eigenvalue weighted by Gasteiger charge is 2.15. The van der Waals surface area contributed by atoms with Gasteiger partial charge in [-0.15, -0.1) is 0 Å². The van der Waals surface area contributed by atoms with Gasteiger partial charge in [-0.25, -0.2) is 0 Å². The van der Waals surface area contributed by atoms with Crippen LogP contribution in [0.25, 0.3) is 0 Å². The van der Waals surface area contributed by atoms with Gasteiger partial charge in [0.2, 0.25) is 11.2 Å². The van der Waals surface area contributed by atoms with E-state index in [1.54, 1.807) is 0 Å². The molecular formula is C10H15ClN4OS. The number of nitrogens with zero attached hydrogens (tertiary/aromatic N) is 4. The number of halogens is 1. The lowest BCUT2D eigenvalue weighted by molar-refractivity contribution is 0.311. The van der Waals surface area contributed by atoms with E-state index < -0.39 is 0 Å². The predicted octanol–water partition coefficient (Wildman–Crippen LogP) is 1.87. The Morgan fingerprint density at radius 1 is 1.29 bits per heavy atom. The summed E-state index contributed by atoms with van der Waals surface area (Å²) in [7, 11) is 0. The normalized spacial score (nSPS) is 16.7. The Balaban J connectivity index is 2.17. The number of anilines is 1. The summed E-state index contributed by atoms with van der Waals surface area (Å²) in [4.78, 5) is 14.5. The molecule has 2 heterocycles. The Morgan fingerprint density at radius 2 is 2.18 bits per heavy atom. The molecule has 1 aromatic rings. The molecule has 0 aliphatic carbocycles. The first-order valence-corrected chi connectivity index (χ1v) is 7.20. The van der Waals surface area contributed by atoms with E-state index in [1.807, 2.05) is 18.7 Å². The molecule has 1 fully saturated rings. The number of ether oxygens (including phenoxy) is 1. The zero-order valence-corrected chi connectivity index (χ0v) is 11.3. The maximum Gasteiger partial charge on any atom is 0.322 e. The van der Waals surface area contributed by atoms with Gasteiger partial charge in [-0.05, 0) is 30.7 Å². The minimum atomic E-state index is 0.190. The molecule has 1 aromatic heterocycles. The lowest BCUT2D eigenvalue weighted by atomic mass is 10.4. The summed E-state index contributed by atoms with van der Waals surface area (Å²) < 4.78 is 5.27. The average molecular weight is 275 g/mol. The summed E-state index contributed by atoms with van der Waals surface area (Å²) in [5.74, 6) is 2.90. The average Bonchev–Trinajstić information content (AvgIpc) is 2.57. The van der Waals surface area contributed by atoms with Crippen molar-refractivity contribution in [2.45, 2.75) is 13.3 Å². The highest BCUT2D eigenvalue weighted by atomic mass is 35.5. The lowest BCUT2D eigenvalue weighted by Gasteiger charge is -2.19. The van der Waals surface area contributed by atoms with Crippen molar-refractivity contribution in [2.75, 3.05) is 36.1 Å². The minimum Gasteiger partial charge on any atom is -0.464 e. The Kier molecular flexibility index (Phi) is 4.67. The van der Waals surface area contributed by atoms with E-state index in [4.69, 9.17) is 16.3 Å². The molecule has 0 N–H and O–H groups in total. The van der Waals surface area contributed by atoms with Crippen molar-refractivity contribution < 1.29 is 4.74 Å². The number of aromatic nitrogens is 3. The van der Waals surface area contributed by atoms with Crippen molar-refractivity contribution in [1.29, 1.82) is 0 Å². The van der Waals surface area contributed by atoms with Crippen molar-refractivity contribution in [3.8, 4) is 6.01 Å². The van der Waals surface area contributed by atoms with Crippen LogP contribution in [0.3, 0.4) is 0 Å². The predicted molar refractivity (Wildman–Crippen MR) is 70.2 cm³/mol. The summed E-state index contributed by atoms with van der Waals surface area (Å²) in [6.45, 7) is 4.31. The third-order valence-electron chi connectivity index (χ3n) is 2.35. The largest absolute Gasteiger partial charge is 0.464 e. The van der Waals surface area contributed by atoms with Gasteiger partial charge in [0.15, 0.2) is 0 Å². The fourth-order valence-electron chi connectivity index (χ4n) is 1.60. The maximum absolute atomic E-state index is 5.87. The molecule has 0 spiro atoms. The van der Waals surface area contributed by atoms with E-state index in [0.717, 1.165) is 25.3 Å². The topological polar surface area (TPSA) is 51.1 Å². The molecule has 17 heavy (non-hydrogen) atoms. The second-order valence-corrected chi connectivity index (χ2v) is 5.14. The Bertz CT molecular complexity index is 371. The molecule has 0 amide bonds. The number of hydrogen-bond donors (Lipinski definition) is 0. The van der Waals surface area contributed by atoms with Crippen LogP contribution in [0.15, 0.2) is 0 Å². The monoisotopic (exact) mass is 274 g/mol. The lowest BCUT2D eigenvalue weighted by Crippen LogP contribution is -2.27. The van der Waals surface area contributed by atoms with Crippen LogP contribution in [0, 0.1) is 0 Å². The Hall–Kier alpha value is -0.750. The number of thioether (sulfide) groups is 1. The van der Waals surface area contributed by atoms with Crippen LogP contribution in [0.2, 0.25) is 5.28 Å². The van der Waals surface area contributed by atoms with Crippen LogP contribution in [-0.2, 0) is 0 Å². The zero-order chi connectivity index (χ0) is 12.1. The molecule has 1 aliphatic rings. The van der Waals surface area contributed by atoms with Crippen LogP contribution in [0.5, 0.6) is 6.01 Å². The van der Waals surface area contributed by atoms with E-state index in [1.165, 1.54) is 5.75 Å². The summed E-state index contributed by atoms with van der Waals surface area (Å²) >= 11 is 7.83. The molecule has 1 saturated heterocycles. The van der Waals surface area contributed by atoms with Crippen molar-refractivity contribution in [1.82, 2.24) is 15.0 Å². The van der Waals surface area contributed by atoms with E-state index in [9.17, 15) is 0 Å². The first-order valence-electron chi connectivity index (χ1n) is 5.66. The van der Waals surface area contributed by atoms with Gasteiger partial charge in [-0.1, -0.05) is 0 Å². The van der Waals surface area contributed by atoms with Crippen LogP contribution < -0.4 is 9.64 Å². The molecule has 7 heteroatoms. The molecule has 0 aromatic carbocycles. The zero-order valence-electron chi connectivity index (χ0n) is 9.73. The molecule has 2 rings (SSSR count). The SMILES string of the molecule is CCOc1nc(Cl)nc(N2CCCSCC2)n1. The van der Waals surface area contributed by atoms with Crippen molar-refractivity contribution in [3.05, 3.63) is 5.28 Å². The van der Waals surface area contributed by atoms with Gasteiger partial charge in [0, 0.05) is 18.8 Å². The Labute approximate surface area is 110 Å². The first kappa shape index (κ1) is 12.7. The van der Waals surface area contributed by atoms with E-state index in [0.29, 0.717) is 18.6 Å². The molecule has 0 saturated carbocycles.